The SMILES string of the molecule is CC(CC1CCCCN1)N(C)CC(F)(F)F. The maximum atomic E-state index is 12.2. The highest BCUT2D eigenvalue weighted by atomic mass is 19.4. The van der Waals surface area contributed by atoms with Crippen LogP contribution in [0, 0.1) is 0 Å². The highest BCUT2D eigenvalue weighted by Crippen LogP contribution is 2.19. The standard InChI is InChI=1S/C11H21F3N2/c1-9(16(2)8-11(12,13)14)7-10-5-3-4-6-15-10/h9-10,15H,3-8H2,1-2H3. The molecule has 1 saturated heterocycles. The van der Waals surface area contributed by atoms with Crippen LogP contribution in [0.5, 0.6) is 0 Å². The number of alkyl halides is 3. The van der Waals surface area contributed by atoms with E-state index in [1.165, 1.54) is 17.7 Å². The molecule has 16 heavy (non-hydrogen) atoms. The van der Waals surface area contributed by atoms with Crippen molar-refractivity contribution < 1.29 is 13.2 Å². The van der Waals surface area contributed by atoms with Crippen LogP contribution in [-0.2, 0) is 0 Å². The van der Waals surface area contributed by atoms with Gasteiger partial charge < -0.3 is 5.32 Å². The van der Waals surface area contributed by atoms with E-state index in [4.69, 9.17) is 0 Å². The predicted molar refractivity (Wildman–Crippen MR) is 58.4 cm³/mol. The van der Waals surface area contributed by atoms with Crippen molar-refractivity contribution >= 4 is 0 Å². The van der Waals surface area contributed by atoms with Gasteiger partial charge in [-0.1, -0.05) is 6.42 Å². The lowest BCUT2D eigenvalue weighted by Crippen LogP contribution is -2.43. The van der Waals surface area contributed by atoms with Crippen LogP contribution in [-0.4, -0.2) is 43.3 Å². The minimum atomic E-state index is -4.09. The maximum Gasteiger partial charge on any atom is 0.401 e. The van der Waals surface area contributed by atoms with E-state index in [1.807, 2.05) is 6.92 Å². The van der Waals surface area contributed by atoms with Crippen LogP contribution in [0.15, 0.2) is 0 Å². The van der Waals surface area contributed by atoms with E-state index >= 15 is 0 Å². The molecule has 96 valence electrons. The van der Waals surface area contributed by atoms with Crippen molar-refractivity contribution in [2.24, 2.45) is 0 Å². The third-order valence-electron chi connectivity index (χ3n) is 3.22. The Kier molecular flexibility index (Phi) is 5.05. The molecule has 0 bridgehead atoms. The zero-order chi connectivity index (χ0) is 12.2. The first-order valence-corrected chi connectivity index (χ1v) is 5.89. The van der Waals surface area contributed by atoms with Crippen molar-refractivity contribution in [3.63, 3.8) is 0 Å². The van der Waals surface area contributed by atoms with E-state index in [9.17, 15) is 13.2 Å². The monoisotopic (exact) mass is 238 g/mol. The van der Waals surface area contributed by atoms with Gasteiger partial charge in [0.25, 0.3) is 0 Å². The number of nitrogens with one attached hydrogen (secondary N) is 1. The minimum Gasteiger partial charge on any atom is -0.314 e. The van der Waals surface area contributed by atoms with E-state index in [0.29, 0.717) is 6.04 Å². The molecule has 0 saturated carbocycles. The lowest BCUT2D eigenvalue weighted by Gasteiger charge is -2.31. The zero-order valence-electron chi connectivity index (χ0n) is 9.98. The fraction of sp³-hybridized carbons (Fsp3) is 1.00. The first-order valence-electron chi connectivity index (χ1n) is 5.89. The second kappa shape index (κ2) is 5.87. The van der Waals surface area contributed by atoms with Gasteiger partial charge in [-0.3, -0.25) is 4.90 Å². The summed E-state index contributed by atoms with van der Waals surface area (Å²) in [6, 6.07) is 0.358. The van der Waals surface area contributed by atoms with Crippen molar-refractivity contribution in [1.82, 2.24) is 10.2 Å². The van der Waals surface area contributed by atoms with Gasteiger partial charge in [0, 0.05) is 12.1 Å². The summed E-state index contributed by atoms with van der Waals surface area (Å²) in [5.41, 5.74) is 0. The van der Waals surface area contributed by atoms with Gasteiger partial charge in [0.15, 0.2) is 0 Å². The molecule has 2 atom stereocenters. The third kappa shape index (κ3) is 5.16. The molecule has 0 aromatic heterocycles. The van der Waals surface area contributed by atoms with Gasteiger partial charge in [-0.05, 0) is 39.8 Å². The molecule has 5 heteroatoms. The van der Waals surface area contributed by atoms with E-state index in [0.717, 1.165) is 19.4 Å². The molecule has 1 rings (SSSR count). The van der Waals surface area contributed by atoms with E-state index in [-0.39, 0.29) is 6.04 Å². The number of hydrogen-bond acceptors (Lipinski definition) is 2. The summed E-state index contributed by atoms with van der Waals surface area (Å²) >= 11 is 0. The zero-order valence-corrected chi connectivity index (χ0v) is 9.98. The fourth-order valence-corrected chi connectivity index (χ4v) is 2.16. The van der Waals surface area contributed by atoms with Crippen LogP contribution >= 0.6 is 0 Å². The average Bonchev–Trinajstić information content (AvgIpc) is 2.16. The summed E-state index contributed by atoms with van der Waals surface area (Å²) < 4.78 is 36.6. The van der Waals surface area contributed by atoms with Crippen LogP contribution in [0.25, 0.3) is 0 Å². The molecule has 0 aromatic carbocycles. The molecular formula is C11H21F3N2. The van der Waals surface area contributed by atoms with Crippen molar-refractivity contribution in [3.05, 3.63) is 0 Å². The Morgan fingerprint density at radius 1 is 1.38 bits per heavy atom. The molecule has 1 N–H and O–H groups in total. The topological polar surface area (TPSA) is 15.3 Å². The second-order valence-electron chi connectivity index (χ2n) is 4.76. The molecule has 1 aliphatic heterocycles. The second-order valence-corrected chi connectivity index (χ2v) is 4.76. The average molecular weight is 238 g/mol. The Bertz CT molecular complexity index is 200. The Hall–Kier alpha value is -0.290. The van der Waals surface area contributed by atoms with Gasteiger partial charge in [0.05, 0.1) is 6.54 Å². The normalized spacial score (nSPS) is 24.8. The van der Waals surface area contributed by atoms with Crippen molar-refractivity contribution in [2.75, 3.05) is 20.1 Å². The Morgan fingerprint density at radius 3 is 2.56 bits per heavy atom. The lowest BCUT2D eigenvalue weighted by atomic mass is 9.98. The van der Waals surface area contributed by atoms with E-state index < -0.39 is 12.7 Å². The first kappa shape index (κ1) is 13.8. The summed E-state index contributed by atoms with van der Waals surface area (Å²) in [7, 11) is 1.54. The van der Waals surface area contributed by atoms with Gasteiger partial charge in [0.1, 0.15) is 0 Å². The molecule has 2 unspecified atom stereocenters. The maximum absolute atomic E-state index is 12.2. The lowest BCUT2D eigenvalue weighted by molar-refractivity contribution is -0.147. The molecule has 2 nitrogen and oxygen atoms in total. The van der Waals surface area contributed by atoms with Crippen LogP contribution in [0.3, 0.4) is 0 Å². The molecule has 0 aromatic rings. The molecule has 0 radical (unpaired) electrons. The summed E-state index contributed by atoms with van der Waals surface area (Å²) in [6.45, 7) is 2.04. The number of nitrogens with zero attached hydrogens (tertiary/aromatic N) is 1. The van der Waals surface area contributed by atoms with Gasteiger partial charge >= 0.3 is 6.18 Å². The minimum absolute atomic E-state index is 0.0303. The molecule has 1 heterocycles. The Morgan fingerprint density at radius 2 is 2.06 bits per heavy atom. The summed E-state index contributed by atoms with van der Waals surface area (Å²) in [4.78, 5) is 1.39. The van der Waals surface area contributed by atoms with E-state index in [2.05, 4.69) is 5.32 Å². The largest absolute Gasteiger partial charge is 0.401 e. The van der Waals surface area contributed by atoms with Crippen LogP contribution in [0.2, 0.25) is 0 Å². The van der Waals surface area contributed by atoms with Crippen molar-refractivity contribution in [2.45, 2.75) is 50.9 Å². The predicted octanol–water partition coefficient (Wildman–Crippen LogP) is 2.40. The van der Waals surface area contributed by atoms with Crippen molar-refractivity contribution in [3.8, 4) is 0 Å². The van der Waals surface area contributed by atoms with Gasteiger partial charge in [-0.25, -0.2) is 0 Å². The smallest absolute Gasteiger partial charge is 0.314 e. The third-order valence-corrected chi connectivity index (χ3v) is 3.22. The summed E-state index contributed by atoms with van der Waals surface area (Å²) in [6.07, 6.45) is 0.163. The molecule has 0 aliphatic carbocycles. The number of piperidine rings is 1. The van der Waals surface area contributed by atoms with Gasteiger partial charge in [-0.15, -0.1) is 0 Å². The molecule has 1 fully saturated rings. The van der Waals surface area contributed by atoms with Gasteiger partial charge in [0.2, 0.25) is 0 Å². The summed E-state index contributed by atoms with van der Waals surface area (Å²) in [5.74, 6) is 0. The van der Waals surface area contributed by atoms with Crippen molar-refractivity contribution in [1.29, 1.82) is 0 Å². The quantitative estimate of drug-likeness (QED) is 0.809. The highest BCUT2D eigenvalue weighted by Gasteiger charge is 2.31. The first-order chi connectivity index (χ1) is 7.38. The molecular weight excluding hydrogens is 217 g/mol. The van der Waals surface area contributed by atoms with Crippen LogP contribution in [0.4, 0.5) is 13.2 Å². The Balaban J connectivity index is 2.29. The van der Waals surface area contributed by atoms with Gasteiger partial charge in [-0.2, -0.15) is 13.2 Å². The molecule has 0 amide bonds. The van der Waals surface area contributed by atoms with Crippen LogP contribution < -0.4 is 5.32 Å². The molecule has 1 aliphatic rings. The van der Waals surface area contributed by atoms with E-state index in [1.54, 1.807) is 7.05 Å². The number of hydrogen-bond donors (Lipinski definition) is 1. The summed E-state index contributed by atoms with van der Waals surface area (Å²) in [5, 5.41) is 3.36. The Labute approximate surface area is 95.2 Å². The van der Waals surface area contributed by atoms with Crippen LogP contribution in [0.1, 0.15) is 32.6 Å². The number of rotatable bonds is 4. The highest BCUT2D eigenvalue weighted by molar-refractivity contribution is 4.78. The molecule has 0 spiro atoms. The number of halogens is 3. The fourth-order valence-electron chi connectivity index (χ4n) is 2.16.